The van der Waals surface area contributed by atoms with Gasteiger partial charge in [-0.15, -0.1) is 11.3 Å². The van der Waals surface area contributed by atoms with Crippen molar-refractivity contribution >= 4 is 54.6 Å². The average Bonchev–Trinajstić information content (AvgIpc) is 3.02. The Bertz CT molecular complexity index is 919. The third kappa shape index (κ3) is 5.03. The maximum atomic E-state index is 12.5. The molecule has 146 valence electrons. The fourth-order valence-corrected chi connectivity index (χ4v) is 6.24. The second kappa shape index (κ2) is 8.62. The molecule has 9 heteroatoms. The largest absolute Gasteiger partial charge is 0.478 e. The SMILES string of the molecule is O=C(O)c1cc(NS(=O)(=O)c2ccc(Br)s2)ccc1N1CCCCCCC1. The van der Waals surface area contributed by atoms with Gasteiger partial charge in [0.05, 0.1) is 15.0 Å². The number of carboxylic acids is 1. The number of nitrogens with zero attached hydrogens (tertiary/aromatic N) is 1. The van der Waals surface area contributed by atoms with Gasteiger partial charge in [0, 0.05) is 18.8 Å². The molecule has 27 heavy (non-hydrogen) atoms. The molecule has 1 aromatic carbocycles. The Balaban J connectivity index is 1.88. The van der Waals surface area contributed by atoms with Crippen LogP contribution in [0.4, 0.5) is 11.4 Å². The van der Waals surface area contributed by atoms with Crippen molar-refractivity contribution in [3.8, 4) is 0 Å². The molecule has 0 atom stereocenters. The number of anilines is 2. The fraction of sp³-hybridized carbons (Fsp3) is 0.389. The number of aromatic carboxylic acids is 1. The maximum absolute atomic E-state index is 12.5. The van der Waals surface area contributed by atoms with E-state index in [1.165, 1.54) is 18.6 Å². The van der Waals surface area contributed by atoms with E-state index in [1.807, 2.05) is 0 Å². The van der Waals surface area contributed by atoms with Gasteiger partial charge in [0.2, 0.25) is 0 Å². The lowest BCUT2D eigenvalue weighted by molar-refractivity contribution is 0.0697. The van der Waals surface area contributed by atoms with Crippen LogP contribution in [-0.4, -0.2) is 32.6 Å². The van der Waals surface area contributed by atoms with Gasteiger partial charge >= 0.3 is 5.97 Å². The molecule has 1 aliphatic rings. The Hall–Kier alpha value is -1.58. The molecule has 0 unspecified atom stereocenters. The van der Waals surface area contributed by atoms with E-state index in [0.717, 1.165) is 50.1 Å². The van der Waals surface area contributed by atoms with Crippen LogP contribution in [0.3, 0.4) is 0 Å². The van der Waals surface area contributed by atoms with Crippen molar-refractivity contribution in [2.45, 2.75) is 36.3 Å². The molecule has 0 radical (unpaired) electrons. The number of nitrogens with one attached hydrogen (secondary N) is 1. The van der Waals surface area contributed by atoms with Crippen LogP contribution in [0, 0.1) is 0 Å². The van der Waals surface area contributed by atoms with E-state index in [4.69, 9.17) is 0 Å². The van der Waals surface area contributed by atoms with Gasteiger partial charge < -0.3 is 10.0 Å². The summed E-state index contributed by atoms with van der Waals surface area (Å²) >= 11 is 4.35. The number of halogens is 1. The lowest BCUT2D eigenvalue weighted by Crippen LogP contribution is -2.28. The Kier molecular flexibility index (Phi) is 6.44. The second-order valence-corrected chi connectivity index (χ2v) is 10.8. The van der Waals surface area contributed by atoms with Crippen molar-refractivity contribution in [3.63, 3.8) is 0 Å². The van der Waals surface area contributed by atoms with E-state index in [9.17, 15) is 18.3 Å². The van der Waals surface area contributed by atoms with E-state index in [0.29, 0.717) is 9.47 Å². The lowest BCUT2D eigenvalue weighted by Gasteiger charge is -2.28. The first-order valence-electron chi connectivity index (χ1n) is 8.77. The van der Waals surface area contributed by atoms with Crippen LogP contribution in [0.15, 0.2) is 38.3 Å². The Morgan fingerprint density at radius 1 is 1.07 bits per heavy atom. The van der Waals surface area contributed by atoms with Gasteiger partial charge in [0.1, 0.15) is 4.21 Å². The monoisotopic (exact) mass is 472 g/mol. The Morgan fingerprint density at radius 2 is 1.74 bits per heavy atom. The molecule has 3 rings (SSSR count). The zero-order chi connectivity index (χ0) is 19.4. The maximum Gasteiger partial charge on any atom is 0.337 e. The van der Waals surface area contributed by atoms with E-state index in [-0.39, 0.29) is 15.5 Å². The summed E-state index contributed by atoms with van der Waals surface area (Å²) in [6.45, 7) is 1.63. The van der Waals surface area contributed by atoms with Crippen molar-refractivity contribution in [1.82, 2.24) is 0 Å². The normalized spacial score (nSPS) is 15.8. The van der Waals surface area contributed by atoms with Crippen LogP contribution in [0.25, 0.3) is 0 Å². The number of benzene rings is 1. The highest BCUT2D eigenvalue weighted by atomic mass is 79.9. The molecule has 2 heterocycles. The van der Waals surface area contributed by atoms with Gasteiger partial charge in [-0.3, -0.25) is 4.72 Å². The molecule has 0 aliphatic carbocycles. The molecule has 1 aliphatic heterocycles. The minimum Gasteiger partial charge on any atom is -0.478 e. The minimum absolute atomic E-state index is 0.114. The standard InChI is InChI=1S/C18H21BrN2O4S2/c19-16-8-9-17(26-16)27(24,25)20-13-6-7-15(14(12-13)18(22)23)21-10-4-2-1-3-5-11-21/h6-9,12,20H,1-5,10-11H2,(H,22,23). The van der Waals surface area contributed by atoms with Crippen molar-refractivity contribution in [1.29, 1.82) is 0 Å². The summed E-state index contributed by atoms with van der Waals surface area (Å²) in [5.41, 5.74) is 1.00. The Morgan fingerprint density at radius 3 is 2.33 bits per heavy atom. The molecule has 1 saturated heterocycles. The number of hydrogen-bond acceptors (Lipinski definition) is 5. The van der Waals surface area contributed by atoms with Gasteiger partial charge in [0.15, 0.2) is 0 Å². The van der Waals surface area contributed by atoms with Gasteiger partial charge in [-0.1, -0.05) is 19.3 Å². The van der Waals surface area contributed by atoms with Crippen molar-refractivity contribution in [3.05, 3.63) is 39.7 Å². The Labute approximate surface area is 171 Å². The molecule has 2 aromatic rings. The predicted molar refractivity (Wildman–Crippen MR) is 112 cm³/mol. The second-order valence-electron chi connectivity index (χ2n) is 6.46. The predicted octanol–water partition coefficient (Wildman–Crippen LogP) is 4.78. The number of rotatable bonds is 5. The summed E-state index contributed by atoms with van der Waals surface area (Å²) in [4.78, 5) is 13.9. The molecule has 0 bridgehead atoms. The first-order chi connectivity index (χ1) is 12.9. The smallest absolute Gasteiger partial charge is 0.337 e. The minimum atomic E-state index is -3.75. The molecule has 1 fully saturated rings. The van der Waals surface area contributed by atoms with E-state index >= 15 is 0 Å². The number of thiophene rings is 1. The van der Waals surface area contributed by atoms with Crippen LogP contribution in [0.5, 0.6) is 0 Å². The van der Waals surface area contributed by atoms with Gasteiger partial charge in [-0.2, -0.15) is 0 Å². The molecule has 1 aromatic heterocycles. The third-order valence-electron chi connectivity index (χ3n) is 4.49. The highest BCUT2D eigenvalue weighted by molar-refractivity contribution is 9.11. The first kappa shape index (κ1) is 20.2. The zero-order valence-corrected chi connectivity index (χ0v) is 17.9. The van der Waals surface area contributed by atoms with Crippen LogP contribution < -0.4 is 9.62 Å². The number of sulfonamides is 1. The lowest BCUT2D eigenvalue weighted by atomic mass is 10.1. The molecule has 2 N–H and O–H groups in total. The summed E-state index contributed by atoms with van der Waals surface area (Å²) in [5.74, 6) is -1.06. The van der Waals surface area contributed by atoms with Crippen LogP contribution in [0.1, 0.15) is 42.5 Å². The van der Waals surface area contributed by atoms with Crippen molar-refractivity contribution in [2.75, 3.05) is 22.7 Å². The molecule has 0 amide bonds. The zero-order valence-electron chi connectivity index (χ0n) is 14.7. The van der Waals surface area contributed by atoms with E-state index in [2.05, 4.69) is 25.6 Å². The summed E-state index contributed by atoms with van der Waals surface area (Å²) in [6.07, 6.45) is 5.57. The number of carbonyl (C=O) groups is 1. The molecule has 6 nitrogen and oxygen atoms in total. The average molecular weight is 473 g/mol. The van der Waals surface area contributed by atoms with E-state index in [1.54, 1.807) is 18.2 Å². The summed E-state index contributed by atoms with van der Waals surface area (Å²) in [6, 6.07) is 7.89. The molecular weight excluding hydrogens is 452 g/mol. The third-order valence-corrected chi connectivity index (χ3v) is 7.99. The quantitative estimate of drug-likeness (QED) is 0.653. The topological polar surface area (TPSA) is 86.7 Å². The van der Waals surface area contributed by atoms with Crippen LogP contribution in [0.2, 0.25) is 0 Å². The fourth-order valence-electron chi connectivity index (χ4n) is 3.18. The summed E-state index contributed by atoms with van der Waals surface area (Å²) in [5, 5.41) is 9.66. The molecule has 0 saturated carbocycles. The molecule has 0 spiro atoms. The molecular formula is C18H21BrN2O4S2. The highest BCUT2D eigenvalue weighted by Gasteiger charge is 2.21. The van der Waals surface area contributed by atoms with Crippen molar-refractivity contribution in [2.24, 2.45) is 0 Å². The number of carboxylic acid groups (broad SMARTS) is 1. The van der Waals surface area contributed by atoms with E-state index < -0.39 is 16.0 Å². The number of hydrogen-bond donors (Lipinski definition) is 2. The van der Waals surface area contributed by atoms with Gasteiger partial charge in [0.25, 0.3) is 10.0 Å². The first-order valence-corrected chi connectivity index (χ1v) is 11.9. The van der Waals surface area contributed by atoms with Crippen LogP contribution in [-0.2, 0) is 10.0 Å². The highest BCUT2D eigenvalue weighted by Crippen LogP contribution is 2.30. The van der Waals surface area contributed by atoms with Gasteiger partial charge in [-0.05, 0) is 59.1 Å². The van der Waals surface area contributed by atoms with Gasteiger partial charge in [-0.25, -0.2) is 13.2 Å². The van der Waals surface area contributed by atoms with Crippen LogP contribution >= 0.6 is 27.3 Å². The van der Waals surface area contributed by atoms with Crippen molar-refractivity contribution < 1.29 is 18.3 Å². The summed E-state index contributed by atoms with van der Waals surface area (Å²) in [7, 11) is -3.75. The summed E-state index contributed by atoms with van der Waals surface area (Å²) < 4.78 is 28.3.